The fraction of sp³-hybridized carbons (Fsp3) is 0.111. The van der Waals surface area contributed by atoms with Gasteiger partial charge in [0.25, 0.3) is 0 Å². The highest BCUT2D eigenvalue weighted by atomic mass is 32.2. The molecule has 0 atom stereocenters. The molecule has 2 rings (SSSR count). The molecule has 0 aromatic heterocycles. The summed E-state index contributed by atoms with van der Waals surface area (Å²) in [6.07, 6.45) is 3.83. The van der Waals surface area contributed by atoms with E-state index >= 15 is 0 Å². The highest BCUT2D eigenvalue weighted by Crippen LogP contribution is 2.16. The predicted molar refractivity (Wildman–Crippen MR) is 105 cm³/mol. The zero-order valence-electron chi connectivity index (χ0n) is 12.1. The van der Waals surface area contributed by atoms with Crippen LogP contribution in [0.25, 0.3) is 0 Å². The molecule has 2 aromatic rings. The van der Waals surface area contributed by atoms with Gasteiger partial charge in [-0.15, -0.1) is 36.7 Å². The number of hydrogen-bond donors (Lipinski definition) is 0. The molecule has 0 N–H and O–H groups in total. The Hall–Kier alpha value is -1.03. The van der Waals surface area contributed by atoms with Crippen molar-refractivity contribution >= 4 is 37.0 Å². The molecule has 0 aliphatic heterocycles. The lowest BCUT2D eigenvalue weighted by Crippen LogP contribution is -1.70. The third kappa shape index (κ3) is 10.4. The molecule has 112 valence electrons. The summed E-state index contributed by atoms with van der Waals surface area (Å²) in [6.45, 7) is 7.31. The quantitative estimate of drug-likeness (QED) is 0.466. The SMILES string of the molecule is C=CCSc1ccccc1.C=CCSc1ccccc1.S. The van der Waals surface area contributed by atoms with E-state index < -0.39 is 0 Å². The van der Waals surface area contributed by atoms with E-state index in [1.54, 1.807) is 23.5 Å². The third-order valence-electron chi connectivity index (χ3n) is 2.22. The van der Waals surface area contributed by atoms with Gasteiger partial charge in [-0.3, -0.25) is 0 Å². The molecule has 3 heteroatoms. The minimum Gasteiger partial charge on any atom is -0.197 e. The van der Waals surface area contributed by atoms with Crippen LogP contribution in [-0.4, -0.2) is 11.5 Å². The van der Waals surface area contributed by atoms with Crippen molar-refractivity contribution in [1.82, 2.24) is 0 Å². The van der Waals surface area contributed by atoms with Crippen molar-refractivity contribution in [3.63, 3.8) is 0 Å². The minimum atomic E-state index is 0. The highest BCUT2D eigenvalue weighted by molar-refractivity contribution is 7.99. The summed E-state index contributed by atoms with van der Waals surface area (Å²) in [6, 6.07) is 20.7. The van der Waals surface area contributed by atoms with E-state index in [1.807, 2.05) is 48.6 Å². The molecule has 0 aliphatic rings. The average Bonchev–Trinajstić information content (AvgIpc) is 2.53. The van der Waals surface area contributed by atoms with Gasteiger partial charge in [-0.25, -0.2) is 0 Å². The van der Waals surface area contributed by atoms with Crippen LogP contribution in [0, 0.1) is 0 Å². The molecule has 2 aromatic carbocycles. The van der Waals surface area contributed by atoms with Crippen LogP contribution in [0.5, 0.6) is 0 Å². The van der Waals surface area contributed by atoms with E-state index in [0.717, 1.165) is 11.5 Å². The second-order valence-corrected chi connectivity index (χ2v) is 6.01. The van der Waals surface area contributed by atoms with E-state index in [4.69, 9.17) is 0 Å². The van der Waals surface area contributed by atoms with Crippen molar-refractivity contribution in [3.05, 3.63) is 86.0 Å². The second-order valence-electron chi connectivity index (χ2n) is 3.83. The summed E-state index contributed by atoms with van der Waals surface area (Å²) >= 11 is 3.60. The lowest BCUT2D eigenvalue weighted by molar-refractivity contribution is 1.46. The first kappa shape index (κ1) is 20.0. The van der Waals surface area contributed by atoms with Gasteiger partial charge in [0, 0.05) is 21.3 Å². The van der Waals surface area contributed by atoms with Gasteiger partial charge >= 0.3 is 0 Å². The van der Waals surface area contributed by atoms with E-state index in [0.29, 0.717) is 0 Å². The number of hydrogen-bond acceptors (Lipinski definition) is 2. The van der Waals surface area contributed by atoms with E-state index in [-0.39, 0.29) is 13.5 Å². The topological polar surface area (TPSA) is 0 Å². The van der Waals surface area contributed by atoms with Crippen molar-refractivity contribution in [2.24, 2.45) is 0 Å². The molecule has 0 amide bonds. The molecule has 0 unspecified atom stereocenters. The van der Waals surface area contributed by atoms with Crippen molar-refractivity contribution in [2.45, 2.75) is 9.79 Å². The van der Waals surface area contributed by atoms with Crippen LogP contribution in [0.4, 0.5) is 0 Å². The molecule has 0 heterocycles. The number of rotatable bonds is 6. The van der Waals surface area contributed by atoms with Crippen LogP contribution in [0.1, 0.15) is 0 Å². The minimum absolute atomic E-state index is 0. The van der Waals surface area contributed by atoms with Crippen LogP contribution < -0.4 is 0 Å². The fourth-order valence-electron chi connectivity index (χ4n) is 1.34. The van der Waals surface area contributed by atoms with Crippen molar-refractivity contribution in [2.75, 3.05) is 11.5 Å². The van der Waals surface area contributed by atoms with Crippen molar-refractivity contribution < 1.29 is 0 Å². The normalized spacial score (nSPS) is 8.76. The first-order chi connectivity index (χ1) is 9.86. The lowest BCUT2D eigenvalue weighted by atomic mass is 10.4. The molecular weight excluding hydrogens is 312 g/mol. The van der Waals surface area contributed by atoms with E-state index in [2.05, 4.69) is 37.4 Å². The fourth-order valence-corrected chi connectivity index (χ4v) is 2.66. The number of benzene rings is 2. The Kier molecular flexibility index (Phi) is 13.2. The third-order valence-corrected chi connectivity index (χ3v) is 4.24. The van der Waals surface area contributed by atoms with Crippen LogP contribution in [0.3, 0.4) is 0 Å². The van der Waals surface area contributed by atoms with Gasteiger partial charge in [-0.05, 0) is 24.3 Å². The largest absolute Gasteiger partial charge is 0.197 e. The molecule has 0 bridgehead atoms. The maximum atomic E-state index is 3.65. The standard InChI is InChI=1S/2C9H10S.H2S/c2*1-2-8-10-9-6-4-3-5-7-9;/h2*2-7H,1,8H2;1H2. The zero-order chi connectivity index (χ0) is 14.5. The molecule has 0 aliphatic carbocycles. The second kappa shape index (κ2) is 13.9. The van der Waals surface area contributed by atoms with Gasteiger partial charge in [-0.1, -0.05) is 48.6 Å². The Morgan fingerprint density at radius 3 is 1.29 bits per heavy atom. The van der Waals surface area contributed by atoms with Gasteiger partial charge in [0.05, 0.1) is 0 Å². The molecule has 0 saturated heterocycles. The predicted octanol–water partition coefficient (Wildman–Crippen LogP) is 6.04. The van der Waals surface area contributed by atoms with Gasteiger partial charge in [-0.2, -0.15) is 13.5 Å². The van der Waals surface area contributed by atoms with Crippen molar-refractivity contribution in [1.29, 1.82) is 0 Å². The van der Waals surface area contributed by atoms with Gasteiger partial charge in [0.1, 0.15) is 0 Å². The van der Waals surface area contributed by atoms with Crippen LogP contribution in [0.15, 0.2) is 95.8 Å². The Balaban J connectivity index is 0.000000364. The van der Waals surface area contributed by atoms with Crippen molar-refractivity contribution in [3.8, 4) is 0 Å². The molecule has 0 fully saturated rings. The van der Waals surface area contributed by atoms with Gasteiger partial charge in [0.15, 0.2) is 0 Å². The molecule has 0 saturated carbocycles. The van der Waals surface area contributed by atoms with Gasteiger partial charge in [0.2, 0.25) is 0 Å². The monoisotopic (exact) mass is 334 g/mol. The van der Waals surface area contributed by atoms with E-state index in [9.17, 15) is 0 Å². The first-order valence-corrected chi connectivity index (χ1v) is 8.41. The molecule has 21 heavy (non-hydrogen) atoms. The zero-order valence-corrected chi connectivity index (χ0v) is 14.7. The Morgan fingerprint density at radius 1 is 0.667 bits per heavy atom. The van der Waals surface area contributed by atoms with E-state index in [1.165, 1.54) is 9.79 Å². The molecule has 0 nitrogen and oxygen atoms in total. The molecule has 0 spiro atoms. The van der Waals surface area contributed by atoms with Crippen LogP contribution >= 0.6 is 37.0 Å². The summed E-state index contributed by atoms with van der Waals surface area (Å²) in [5.74, 6) is 1.98. The summed E-state index contributed by atoms with van der Waals surface area (Å²) in [4.78, 5) is 2.62. The summed E-state index contributed by atoms with van der Waals surface area (Å²) in [7, 11) is 0. The maximum Gasteiger partial charge on any atom is 0.0158 e. The lowest BCUT2D eigenvalue weighted by Gasteiger charge is -1.94. The Labute approximate surface area is 144 Å². The Bertz CT molecular complexity index is 433. The van der Waals surface area contributed by atoms with Crippen LogP contribution in [0.2, 0.25) is 0 Å². The molecular formula is C18H22S3. The van der Waals surface area contributed by atoms with Gasteiger partial charge < -0.3 is 0 Å². The maximum absolute atomic E-state index is 3.65. The summed E-state index contributed by atoms with van der Waals surface area (Å²) in [5, 5.41) is 0. The average molecular weight is 335 g/mol. The summed E-state index contributed by atoms with van der Waals surface area (Å²) in [5.41, 5.74) is 0. The highest BCUT2D eigenvalue weighted by Gasteiger charge is 1.87. The Morgan fingerprint density at radius 2 is 1.00 bits per heavy atom. The first-order valence-electron chi connectivity index (χ1n) is 6.44. The summed E-state index contributed by atoms with van der Waals surface area (Å²) < 4.78 is 0. The molecule has 0 radical (unpaired) electrons. The number of thioether (sulfide) groups is 2. The smallest absolute Gasteiger partial charge is 0.0158 e. The van der Waals surface area contributed by atoms with Crippen LogP contribution in [-0.2, 0) is 0 Å².